The van der Waals surface area contributed by atoms with Crippen LogP contribution in [0.4, 0.5) is 5.95 Å². The lowest BCUT2D eigenvalue weighted by atomic mass is 10.0. The summed E-state index contributed by atoms with van der Waals surface area (Å²) in [6.45, 7) is 3.76. The van der Waals surface area contributed by atoms with Crippen LogP contribution in [0.5, 0.6) is 11.5 Å². The third-order valence-electron chi connectivity index (χ3n) is 5.19. The maximum Gasteiger partial charge on any atom is 0.246 e. The van der Waals surface area contributed by atoms with Crippen LogP contribution in [-0.4, -0.2) is 67.5 Å². The fraction of sp³-hybridized carbons (Fsp3) is 0.318. The van der Waals surface area contributed by atoms with Crippen molar-refractivity contribution in [1.82, 2.24) is 20.1 Å². The van der Waals surface area contributed by atoms with E-state index in [2.05, 4.69) is 27.0 Å². The Kier molecular flexibility index (Phi) is 5.57. The second kappa shape index (κ2) is 8.45. The molecule has 29 heavy (non-hydrogen) atoms. The zero-order chi connectivity index (χ0) is 20.2. The highest BCUT2D eigenvalue weighted by Crippen LogP contribution is 2.31. The fourth-order valence-electron chi connectivity index (χ4n) is 3.35. The van der Waals surface area contributed by atoms with E-state index in [0.29, 0.717) is 5.95 Å². The Morgan fingerprint density at radius 2 is 1.21 bits per heavy atom. The minimum absolute atomic E-state index is 0.668. The summed E-state index contributed by atoms with van der Waals surface area (Å²) in [7, 11) is 5.45. The van der Waals surface area contributed by atoms with E-state index in [1.54, 1.807) is 14.2 Å². The Morgan fingerprint density at radius 1 is 0.690 bits per heavy atom. The molecule has 3 aromatic rings. The van der Waals surface area contributed by atoms with Crippen LogP contribution in [0.2, 0.25) is 0 Å². The molecule has 1 aromatic heterocycles. The summed E-state index contributed by atoms with van der Waals surface area (Å²) in [6, 6.07) is 15.7. The smallest absolute Gasteiger partial charge is 0.246 e. The van der Waals surface area contributed by atoms with E-state index in [4.69, 9.17) is 14.5 Å². The van der Waals surface area contributed by atoms with E-state index in [1.807, 2.05) is 48.5 Å². The first kappa shape index (κ1) is 19.1. The van der Waals surface area contributed by atoms with Crippen molar-refractivity contribution >= 4 is 5.95 Å². The van der Waals surface area contributed by atoms with Crippen LogP contribution in [0, 0.1) is 0 Å². The summed E-state index contributed by atoms with van der Waals surface area (Å²) in [5, 5.41) is 9.03. The van der Waals surface area contributed by atoms with Crippen molar-refractivity contribution in [2.24, 2.45) is 0 Å². The number of anilines is 1. The highest BCUT2D eigenvalue weighted by Gasteiger charge is 2.20. The van der Waals surface area contributed by atoms with Gasteiger partial charge in [0.2, 0.25) is 5.95 Å². The van der Waals surface area contributed by atoms with Crippen LogP contribution in [0.15, 0.2) is 48.5 Å². The van der Waals surface area contributed by atoms with Gasteiger partial charge in [0.05, 0.1) is 14.2 Å². The number of benzene rings is 2. The molecular weight excluding hydrogens is 366 g/mol. The molecule has 0 unspecified atom stereocenters. The molecule has 0 N–H and O–H groups in total. The molecule has 0 amide bonds. The number of methoxy groups -OCH3 is 2. The van der Waals surface area contributed by atoms with Gasteiger partial charge in [0, 0.05) is 37.3 Å². The molecule has 2 heterocycles. The third-order valence-corrected chi connectivity index (χ3v) is 5.19. The largest absolute Gasteiger partial charge is 0.497 e. The maximum atomic E-state index is 5.30. The molecular formula is C22H25N5O2. The number of aromatic nitrogens is 3. The molecule has 0 saturated carbocycles. The Bertz CT molecular complexity index is 952. The van der Waals surface area contributed by atoms with E-state index in [0.717, 1.165) is 60.2 Å². The first-order valence-electron chi connectivity index (χ1n) is 9.65. The lowest BCUT2D eigenvalue weighted by Crippen LogP contribution is -2.45. The summed E-state index contributed by atoms with van der Waals surface area (Å²) in [4.78, 5) is 9.43. The van der Waals surface area contributed by atoms with E-state index < -0.39 is 0 Å². The van der Waals surface area contributed by atoms with Crippen molar-refractivity contribution in [2.45, 2.75) is 0 Å². The van der Waals surface area contributed by atoms with Crippen molar-refractivity contribution in [1.29, 1.82) is 0 Å². The lowest BCUT2D eigenvalue weighted by molar-refractivity contribution is 0.311. The molecule has 1 fully saturated rings. The molecule has 7 nitrogen and oxygen atoms in total. The molecule has 7 heteroatoms. The SMILES string of the molecule is COc1ccc(-c2nnc(N3CCN(C)CC3)nc2-c2ccc(OC)cc2)cc1. The van der Waals surface area contributed by atoms with Crippen molar-refractivity contribution in [3.8, 4) is 34.0 Å². The van der Waals surface area contributed by atoms with Gasteiger partial charge in [0.25, 0.3) is 0 Å². The molecule has 0 spiro atoms. The molecule has 1 aliphatic rings. The van der Waals surface area contributed by atoms with Gasteiger partial charge in [-0.3, -0.25) is 0 Å². The zero-order valence-electron chi connectivity index (χ0n) is 17.0. The number of hydrogen-bond donors (Lipinski definition) is 0. The summed E-state index contributed by atoms with van der Waals surface area (Å²) >= 11 is 0. The van der Waals surface area contributed by atoms with Gasteiger partial charge in [-0.2, -0.15) is 0 Å². The number of hydrogen-bond acceptors (Lipinski definition) is 7. The predicted octanol–water partition coefficient (Wildman–Crippen LogP) is 2.97. The summed E-state index contributed by atoms with van der Waals surface area (Å²) in [5.41, 5.74) is 3.47. The van der Waals surface area contributed by atoms with Crippen LogP contribution in [-0.2, 0) is 0 Å². The number of rotatable bonds is 5. The lowest BCUT2D eigenvalue weighted by Gasteiger charge is -2.32. The quantitative estimate of drug-likeness (QED) is 0.662. The average Bonchev–Trinajstić information content (AvgIpc) is 2.79. The van der Waals surface area contributed by atoms with E-state index in [-0.39, 0.29) is 0 Å². The molecule has 4 rings (SSSR count). The monoisotopic (exact) mass is 391 g/mol. The van der Waals surface area contributed by atoms with E-state index in [1.165, 1.54) is 0 Å². The van der Waals surface area contributed by atoms with Crippen LogP contribution in [0.3, 0.4) is 0 Å². The number of likely N-dealkylation sites (N-methyl/N-ethyl adjacent to an activating group) is 1. The minimum atomic E-state index is 0.668. The molecule has 0 bridgehead atoms. The number of piperazine rings is 1. The number of ether oxygens (including phenoxy) is 2. The van der Waals surface area contributed by atoms with Crippen molar-refractivity contribution in [3.05, 3.63) is 48.5 Å². The van der Waals surface area contributed by atoms with Crippen LogP contribution in [0.1, 0.15) is 0 Å². The topological polar surface area (TPSA) is 63.6 Å². The minimum Gasteiger partial charge on any atom is -0.497 e. The van der Waals surface area contributed by atoms with Crippen LogP contribution < -0.4 is 14.4 Å². The first-order chi connectivity index (χ1) is 14.2. The Morgan fingerprint density at radius 3 is 1.72 bits per heavy atom. The molecule has 150 valence electrons. The van der Waals surface area contributed by atoms with Gasteiger partial charge in [0.1, 0.15) is 22.9 Å². The molecule has 1 saturated heterocycles. The van der Waals surface area contributed by atoms with Crippen LogP contribution in [0.25, 0.3) is 22.5 Å². The van der Waals surface area contributed by atoms with Crippen molar-refractivity contribution < 1.29 is 9.47 Å². The molecule has 0 radical (unpaired) electrons. The average molecular weight is 391 g/mol. The van der Waals surface area contributed by atoms with Gasteiger partial charge < -0.3 is 19.3 Å². The normalized spacial score (nSPS) is 14.7. The maximum absolute atomic E-state index is 5.30. The highest BCUT2D eigenvalue weighted by molar-refractivity contribution is 5.78. The van der Waals surface area contributed by atoms with Gasteiger partial charge in [-0.1, -0.05) is 0 Å². The Balaban J connectivity index is 1.76. The summed E-state index contributed by atoms with van der Waals surface area (Å²) in [5.74, 6) is 2.27. The predicted molar refractivity (Wildman–Crippen MR) is 114 cm³/mol. The first-order valence-corrected chi connectivity index (χ1v) is 9.65. The third kappa shape index (κ3) is 4.14. The standard InChI is InChI=1S/C22H25N5O2/c1-26-12-14-27(15-13-26)22-23-20(16-4-8-18(28-2)9-5-16)21(24-25-22)17-6-10-19(29-3)11-7-17/h4-11H,12-15H2,1-3H3. The van der Waals surface area contributed by atoms with Gasteiger partial charge in [-0.05, 0) is 55.6 Å². The Hall–Kier alpha value is -3.19. The van der Waals surface area contributed by atoms with Gasteiger partial charge in [-0.25, -0.2) is 4.98 Å². The number of nitrogens with zero attached hydrogens (tertiary/aromatic N) is 5. The van der Waals surface area contributed by atoms with Crippen LogP contribution >= 0.6 is 0 Å². The van der Waals surface area contributed by atoms with E-state index >= 15 is 0 Å². The highest BCUT2D eigenvalue weighted by atomic mass is 16.5. The molecule has 0 aliphatic carbocycles. The van der Waals surface area contributed by atoms with Crippen molar-refractivity contribution in [2.75, 3.05) is 52.3 Å². The second-order valence-electron chi connectivity index (χ2n) is 7.06. The second-order valence-corrected chi connectivity index (χ2v) is 7.06. The summed E-state index contributed by atoms with van der Waals surface area (Å²) in [6.07, 6.45) is 0. The molecule has 2 aromatic carbocycles. The zero-order valence-corrected chi connectivity index (χ0v) is 17.0. The van der Waals surface area contributed by atoms with Gasteiger partial charge in [0.15, 0.2) is 0 Å². The molecule has 0 atom stereocenters. The van der Waals surface area contributed by atoms with Gasteiger partial charge >= 0.3 is 0 Å². The van der Waals surface area contributed by atoms with Gasteiger partial charge in [-0.15, -0.1) is 10.2 Å². The molecule has 1 aliphatic heterocycles. The summed E-state index contributed by atoms with van der Waals surface area (Å²) < 4.78 is 10.6. The van der Waals surface area contributed by atoms with Crippen molar-refractivity contribution in [3.63, 3.8) is 0 Å². The fourth-order valence-corrected chi connectivity index (χ4v) is 3.35. The van der Waals surface area contributed by atoms with E-state index in [9.17, 15) is 0 Å². The Labute approximate surface area is 170 Å².